The maximum atomic E-state index is 12.3. The van der Waals surface area contributed by atoms with Crippen molar-refractivity contribution in [3.05, 3.63) is 59.2 Å². The molecule has 7 nitrogen and oxygen atoms in total. The SMILES string of the molecule is Cc1ccc(NC(=O)NCCNC(=O)c2ccc(NC(=O)C3CCCC3)cc2)c(C)c1. The van der Waals surface area contributed by atoms with E-state index < -0.39 is 0 Å². The van der Waals surface area contributed by atoms with Gasteiger partial charge in [-0.3, -0.25) is 9.59 Å². The summed E-state index contributed by atoms with van der Waals surface area (Å²) in [4.78, 5) is 36.5. The van der Waals surface area contributed by atoms with Crippen LogP contribution in [0.1, 0.15) is 47.2 Å². The Labute approximate surface area is 183 Å². The lowest BCUT2D eigenvalue weighted by atomic mass is 10.1. The Balaban J connectivity index is 1.38. The Morgan fingerprint density at radius 2 is 1.55 bits per heavy atom. The number of hydrogen-bond donors (Lipinski definition) is 4. The van der Waals surface area contributed by atoms with Crippen molar-refractivity contribution in [3.63, 3.8) is 0 Å². The second kappa shape index (κ2) is 10.6. The summed E-state index contributed by atoms with van der Waals surface area (Å²) in [5, 5.41) is 11.2. The van der Waals surface area contributed by atoms with Crippen molar-refractivity contribution in [3.8, 4) is 0 Å². The van der Waals surface area contributed by atoms with Gasteiger partial charge in [0.2, 0.25) is 5.91 Å². The summed E-state index contributed by atoms with van der Waals surface area (Å²) in [5.74, 6) is -0.0762. The summed E-state index contributed by atoms with van der Waals surface area (Å²) in [7, 11) is 0. The van der Waals surface area contributed by atoms with Crippen molar-refractivity contribution in [2.45, 2.75) is 39.5 Å². The first-order valence-corrected chi connectivity index (χ1v) is 10.7. The standard InChI is InChI=1S/C24H30N4O3/c1-16-7-12-21(17(2)15-16)28-24(31)26-14-13-25-22(29)19-8-10-20(11-9-19)27-23(30)18-5-3-4-6-18/h7-12,15,18H,3-6,13-14H2,1-2H3,(H,25,29)(H,27,30)(H2,26,28,31). The topological polar surface area (TPSA) is 99.3 Å². The third-order valence-corrected chi connectivity index (χ3v) is 5.47. The molecule has 1 aliphatic carbocycles. The summed E-state index contributed by atoms with van der Waals surface area (Å²) in [6.07, 6.45) is 4.12. The lowest BCUT2D eigenvalue weighted by Gasteiger charge is -2.12. The summed E-state index contributed by atoms with van der Waals surface area (Å²) >= 11 is 0. The highest BCUT2D eigenvalue weighted by molar-refractivity contribution is 5.96. The monoisotopic (exact) mass is 422 g/mol. The van der Waals surface area contributed by atoms with Crippen LogP contribution in [0.3, 0.4) is 0 Å². The van der Waals surface area contributed by atoms with Gasteiger partial charge in [-0.05, 0) is 62.6 Å². The number of hydrogen-bond acceptors (Lipinski definition) is 3. The molecule has 0 aromatic heterocycles. The summed E-state index contributed by atoms with van der Waals surface area (Å²) in [5.41, 5.74) is 4.07. The number of aryl methyl sites for hydroxylation is 2. The number of carbonyl (C=O) groups excluding carboxylic acids is 3. The van der Waals surface area contributed by atoms with Gasteiger partial charge in [0, 0.05) is 35.9 Å². The van der Waals surface area contributed by atoms with Gasteiger partial charge in [0.1, 0.15) is 0 Å². The van der Waals surface area contributed by atoms with E-state index in [1.165, 1.54) is 0 Å². The molecule has 0 spiro atoms. The van der Waals surface area contributed by atoms with E-state index in [-0.39, 0.29) is 23.8 Å². The molecule has 0 aliphatic heterocycles. The van der Waals surface area contributed by atoms with E-state index in [0.717, 1.165) is 42.5 Å². The van der Waals surface area contributed by atoms with Gasteiger partial charge in [-0.25, -0.2) is 4.79 Å². The lowest BCUT2D eigenvalue weighted by molar-refractivity contribution is -0.119. The molecule has 0 heterocycles. The lowest BCUT2D eigenvalue weighted by Crippen LogP contribution is -2.36. The van der Waals surface area contributed by atoms with Crippen molar-refractivity contribution < 1.29 is 14.4 Å². The Morgan fingerprint density at radius 3 is 2.23 bits per heavy atom. The summed E-state index contributed by atoms with van der Waals surface area (Å²) in [6.45, 7) is 4.55. The third-order valence-electron chi connectivity index (χ3n) is 5.47. The molecule has 4 amide bonds. The largest absolute Gasteiger partial charge is 0.350 e. The van der Waals surface area contributed by atoms with Gasteiger partial charge >= 0.3 is 6.03 Å². The molecule has 0 radical (unpaired) electrons. The van der Waals surface area contributed by atoms with Crippen LogP contribution in [0, 0.1) is 19.8 Å². The molecule has 0 unspecified atom stereocenters. The van der Waals surface area contributed by atoms with Gasteiger partial charge in [0.15, 0.2) is 0 Å². The van der Waals surface area contributed by atoms with Gasteiger partial charge in [-0.2, -0.15) is 0 Å². The first-order chi connectivity index (χ1) is 14.9. The Hall–Kier alpha value is -3.35. The molecular weight excluding hydrogens is 392 g/mol. The van der Waals surface area contributed by atoms with E-state index in [0.29, 0.717) is 24.3 Å². The number of rotatable bonds is 7. The zero-order valence-electron chi connectivity index (χ0n) is 18.1. The van der Waals surface area contributed by atoms with E-state index >= 15 is 0 Å². The van der Waals surface area contributed by atoms with Gasteiger partial charge in [-0.1, -0.05) is 30.5 Å². The molecule has 7 heteroatoms. The van der Waals surface area contributed by atoms with Crippen molar-refractivity contribution in [1.82, 2.24) is 10.6 Å². The minimum Gasteiger partial charge on any atom is -0.350 e. The third kappa shape index (κ3) is 6.57. The molecule has 4 N–H and O–H groups in total. The molecule has 2 aromatic rings. The number of benzene rings is 2. The normalized spacial score (nSPS) is 13.5. The number of anilines is 2. The second-order valence-electron chi connectivity index (χ2n) is 8.00. The van der Waals surface area contributed by atoms with Crippen LogP contribution in [0.15, 0.2) is 42.5 Å². The van der Waals surface area contributed by atoms with Gasteiger partial charge in [-0.15, -0.1) is 0 Å². The molecule has 2 aromatic carbocycles. The first kappa shape index (κ1) is 22.3. The number of urea groups is 1. The fourth-order valence-electron chi connectivity index (χ4n) is 3.71. The van der Waals surface area contributed by atoms with Crippen molar-refractivity contribution in [1.29, 1.82) is 0 Å². The van der Waals surface area contributed by atoms with Crippen LogP contribution in [-0.4, -0.2) is 30.9 Å². The van der Waals surface area contributed by atoms with Crippen LogP contribution in [0.2, 0.25) is 0 Å². The minimum absolute atomic E-state index is 0.0554. The molecule has 0 bridgehead atoms. The second-order valence-corrected chi connectivity index (χ2v) is 8.00. The predicted octanol–water partition coefficient (Wildman–Crippen LogP) is 3.98. The van der Waals surface area contributed by atoms with Crippen LogP contribution >= 0.6 is 0 Å². The van der Waals surface area contributed by atoms with E-state index in [4.69, 9.17) is 0 Å². The fourth-order valence-corrected chi connectivity index (χ4v) is 3.71. The van der Waals surface area contributed by atoms with E-state index in [1.807, 2.05) is 32.0 Å². The maximum Gasteiger partial charge on any atom is 0.319 e. The fraction of sp³-hybridized carbons (Fsp3) is 0.375. The highest BCUT2D eigenvalue weighted by atomic mass is 16.2. The zero-order chi connectivity index (χ0) is 22.2. The highest BCUT2D eigenvalue weighted by Gasteiger charge is 2.22. The van der Waals surface area contributed by atoms with Crippen molar-refractivity contribution >= 4 is 29.2 Å². The van der Waals surface area contributed by atoms with E-state index in [2.05, 4.69) is 21.3 Å². The smallest absolute Gasteiger partial charge is 0.319 e. The van der Waals surface area contributed by atoms with E-state index in [1.54, 1.807) is 24.3 Å². The quantitative estimate of drug-likeness (QED) is 0.508. The average molecular weight is 423 g/mol. The molecule has 31 heavy (non-hydrogen) atoms. The van der Waals surface area contributed by atoms with Gasteiger partial charge < -0.3 is 21.3 Å². The van der Waals surface area contributed by atoms with Crippen molar-refractivity contribution in [2.24, 2.45) is 5.92 Å². The predicted molar refractivity (Wildman–Crippen MR) is 122 cm³/mol. The first-order valence-electron chi connectivity index (χ1n) is 10.7. The van der Waals surface area contributed by atoms with Crippen LogP contribution in [-0.2, 0) is 4.79 Å². The molecule has 3 rings (SSSR count). The molecule has 0 saturated heterocycles. The average Bonchev–Trinajstić information content (AvgIpc) is 3.29. The van der Waals surface area contributed by atoms with Crippen molar-refractivity contribution in [2.75, 3.05) is 23.7 Å². The van der Waals surface area contributed by atoms with E-state index in [9.17, 15) is 14.4 Å². The molecule has 1 saturated carbocycles. The molecule has 1 fully saturated rings. The highest BCUT2D eigenvalue weighted by Crippen LogP contribution is 2.26. The Kier molecular flexibility index (Phi) is 7.65. The van der Waals surface area contributed by atoms with Crippen LogP contribution in [0.25, 0.3) is 0 Å². The Morgan fingerprint density at radius 1 is 0.871 bits per heavy atom. The minimum atomic E-state index is -0.316. The summed E-state index contributed by atoms with van der Waals surface area (Å²) < 4.78 is 0. The van der Waals surface area contributed by atoms with Crippen LogP contribution in [0.5, 0.6) is 0 Å². The van der Waals surface area contributed by atoms with Crippen LogP contribution in [0.4, 0.5) is 16.2 Å². The number of nitrogens with one attached hydrogen (secondary N) is 4. The molecular formula is C24H30N4O3. The van der Waals surface area contributed by atoms with Gasteiger partial charge in [0.05, 0.1) is 0 Å². The van der Waals surface area contributed by atoms with Gasteiger partial charge in [0.25, 0.3) is 5.91 Å². The molecule has 1 aliphatic rings. The zero-order valence-corrected chi connectivity index (χ0v) is 18.1. The Bertz CT molecular complexity index is 934. The molecule has 164 valence electrons. The number of amides is 4. The maximum absolute atomic E-state index is 12.3. The van der Waals surface area contributed by atoms with Crippen LogP contribution < -0.4 is 21.3 Å². The number of carbonyl (C=O) groups is 3. The molecule has 0 atom stereocenters. The summed E-state index contributed by atoms with van der Waals surface area (Å²) in [6, 6.07) is 12.3.